The molecule has 2 rings (SSSR count). The molecule has 0 bridgehead atoms. The van der Waals surface area contributed by atoms with E-state index in [4.69, 9.17) is 0 Å². The van der Waals surface area contributed by atoms with E-state index in [2.05, 4.69) is 30.6 Å². The number of hydrogen-bond donors (Lipinski definition) is 0. The Labute approximate surface area is 105 Å². The summed E-state index contributed by atoms with van der Waals surface area (Å²) in [6, 6.07) is 0. The molecule has 0 aromatic carbocycles. The maximum atomic E-state index is 11.7. The zero-order valence-corrected chi connectivity index (χ0v) is 11.4. The van der Waals surface area contributed by atoms with Crippen molar-refractivity contribution in [2.45, 2.75) is 20.8 Å². The molecule has 0 aromatic heterocycles. The lowest BCUT2D eigenvalue weighted by Crippen LogP contribution is -2.50. The average Bonchev–Trinajstić information content (AvgIpc) is 3.02. The van der Waals surface area contributed by atoms with E-state index in [0.717, 1.165) is 45.8 Å². The van der Waals surface area contributed by atoms with Gasteiger partial charge in [0.1, 0.15) is 0 Å². The minimum atomic E-state index is 0.314. The minimum absolute atomic E-state index is 0.314. The first-order valence-corrected chi connectivity index (χ1v) is 6.66. The van der Waals surface area contributed by atoms with Gasteiger partial charge in [-0.25, -0.2) is 0 Å². The molecule has 0 saturated carbocycles. The summed E-state index contributed by atoms with van der Waals surface area (Å²) >= 11 is 0. The predicted molar refractivity (Wildman–Crippen MR) is 68.9 cm³/mol. The van der Waals surface area contributed by atoms with Crippen molar-refractivity contribution in [1.29, 1.82) is 0 Å². The first-order chi connectivity index (χ1) is 7.94. The van der Waals surface area contributed by atoms with Crippen LogP contribution in [0.25, 0.3) is 0 Å². The second kappa shape index (κ2) is 4.94. The Bertz CT molecular complexity index is 273. The fraction of sp³-hybridized carbons (Fsp3) is 0.923. The van der Waals surface area contributed by atoms with E-state index >= 15 is 0 Å². The topological polar surface area (TPSA) is 26.6 Å². The van der Waals surface area contributed by atoms with Crippen molar-refractivity contribution < 1.29 is 4.79 Å². The number of amides is 1. The van der Waals surface area contributed by atoms with Crippen LogP contribution in [0.3, 0.4) is 0 Å². The Kier molecular flexibility index (Phi) is 3.73. The van der Waals surface area contributed by atoms with Gasteiger partial charge in [0.15, 0.2) is 0 Å². The lowest BCUT2D eigenvalue weighted by atomic mass is 9.96. The third kappa shape index (κ3) is 4.28. The first-order valence-electron chi connectivity index (χ1n) is 6.66. The standard InChI is InChI=1S/C13H25N3O/c1-13(2,3)11-15-6-4-14(5-7-15)10-12(17)16-8-9-16/h4-11H2,1-3H3. The van der Waals surface area contributed by atoms with E-state index in [0.29, 0.717) is 17.9 Å². The second-order valence-corrected chi connectivity index (χ2v) is 6.49. The van der Waals surface area contributed by atoms with Gasteiger partial charge in [-0.15, -0.1) is 0 Å². The molecule has 98 valence electrons. The molecule has 2 aliphatic heterocycles. The third-order valence-corrected chi connectivity index (χ3v) is 3.32. The Morgan fingerprint density at radius 1 is 0.941 bits per heavy atom. The number of piperazine rings is 1. The summed E-state index contributed by atoms with van der Waals surface area (Å²) < 4.78 is 0. The molecule has 0 radical (unpaired) electrons. The van der Waals surface area contributed by atoms with Gasteiger partial charge in [-0.3, -0.25) is 9.69 Å². The molecule has 2 heterocycles. The summed E-state index contributed by atoms with van der Waals surface area (Å²) in [4.78, 5) is 18.4. The fourth-order valence-electron chi connectivity index (χ4n) is 2.37. The van der Waals surface area contributed by atoms with Crippen molar-refractivity contribution in [3.05, 3.63) is 0 Å². The number of hydrogen-bond acceptors (Lipinski definition) is 3. The Morgan fingerprint density at radius 2 is 1.47 bits per heavy atom. The van der Waals surface area contributed by atoms with E-state index in [9.17, 15) is 4.79 Å². The zero-order chi connectivity index (χ0) is 12.5. The van der Waals surface area contributed by atoms with Gasteiger partial charge in [0, 0.05) is 45.8 Å². The Morgan fingerprint density at radius 3 is 1.94 bits per heavy atom. The largest absolute Gasteiger partial charge is 0.338 e. The van der Waals surface area contributed by atoms with Crippen LogP contribution < -0.4 is 0 Å². The highest BCUT2D eigenvalue weighted by molar-refractivity contribution is 5.80. The lowest BCUT2D eigenvalue weighted by Gasteiger charge is -2.37. The predicted octanol–water partition coefficient (Wildman–Crippen LogP) is 0.492. The number of carbonyl (C=O) groups excluding carboxylic acids is 1. The summed E-state index contributed by atoms with van der Waals surface area (Å²) in [6.45, 7) is 14.9. The summed E-state index contributed by atoms with van der Waals surface area (Å²) in [6.07, 6.45) is 0. The summed E-state index contributed by atoms with van der Waals surface area (Å²) in [5, 5.41) is 0. The Hall–Kier alpha value is -0.610. The summed E-state index contributed by atoms with van der Waals surface area (Å²) in [7, 11) is 0. The molecule has 0 aliphatic carbocycles. The molecule has 1 amide bonds. The molecule has 0 atom stereocenters. The maximum Gasteiger partial charge on any atom is 0.236 e. The summed E-state index contributed by atoms with van der Waals surface area (Å²) in [5.41, 5.74) is 0.373. The summed E-state index contributed by atoms with van der Waals surface area (Å²) in [5.74, 6) is 0.314. The van der Waals surface area contributed by atoms with Crippen LogP contribution in [0, 0.1) is 5.41 Å². The van der Waals surface area contributed by atoms with Crippen LogP contribution in [0.15, 0.2) is 0 Å². The molecular weight excluding hydrogens is 214 g/mol. The normalized spacial score (nSPS) is 22.9. The molecule has 4 heteroatoms. The molecular formula is C13H25N3O. The molecule has 4 nitrogen and oxygen atoms in total. The van der Waals surface area contributed by atoms with Crippen LogP contribution in [-0.4, -0.2) is 73.0 Å². The van der Waals surface area contributed by atoms with Crippen LogP contribution in [0.5, 0.6) is 0 Å². The average molecular weight is 239 g/mol. The van der Waals surface area contributed by atoms with Crippen LogP contribution in [0.2, 0.25) is 0 Å². The van der Waals surface area contributed by atoms with E-state index in [-0.39, 0.29) is 0 Å². The molecule has 0 aromatic rings. The van der Waals surface area contributed by atoms with Gasteiger partial charge in [-0.05, 0) is 5.41 Å². The first kappa shape index (κ1) is 12.8. The van der Waals surface area contributed by atoms with Crippen LogP contribution in [0.4, 0.5) is 0 Å². The number of rotatable bonds is 3. The maximum absolute atomic E-state index is 11.7. The second-order valence-electron chi connectivity index (χ2n) is 6.49. The van der Waals surface area contributed by atoms with Gasteiger partial charge >= 0.3 is 0 Å². The van der Waals surface area contributed by atoms with Crippen molar-refractivity contribution in [2.24, 2.45) is 5.41 Å². The highest BCUT2D eigenvalue weighted by atomic mass is 16.2. The SMILES string of the molecule is CC(C)(C)CN1CCN(CC(=O)N2CC2)CC1. The van der Waals surface area contributed by atoms with Crippen molar-refractivity contribution in [1.82, 2.24) is 14.7 Å². The highest BCUT2D eigenvalue weighted by Gasteiger charge is 2.27. The van der Waals surface area contributed by atoms with Crippen LogP contribution in [-0.2, 0) is 4.79 Å². The lowest BCUT2D eigenvalue weighted by molar-refractivity contribution is -0.127. The van der Waals surface area contributed by atoms with Gasteiger partial charge in [0.2, 0.25) is 5.91 Å². The number of nitrogens with zero attached hydrogens (tertiary/aromatic N) is 3. The molecule has 0 spiro atoms. The molecule has 17 heavy (non-hydrogen) atoms. The monoisotopic (exact) mass is 239 g/mol. The van der Waals surface area contributed by atoms with E-state index in [1.54, 1.807) is 0 Å². The zero-order valence-electron chi connectivity index (χ0n) is 11.4. The van der Waals surface area contributed by atoms with Gasteiger partial charge < -0.3 is 9.80 Å². The smallest absolute Gasteiger partial charge is 0.236 e. The van der Waals surface area contributed by atoms with Gasteiger partial charge in [-0.2, -0.15) is 0 Å². The van der Waals surface area contributed by atoms with Gasteiger partial charge in [-0.1, -0.05) is 20.8 Å². The number of carbonyl (C=O) groups is 1. The van der Waals surface area contributed by atoms with Crippen LogP contribution in [0.1, 0.15) is 20.8 Å². The fourth-order valence-corrected chi connectivity index (χ4v) is 2.37. The third-order valence-electron chi connectivity index (χ3n) is 3.32. The van der Waals surface area contributed by atoms with E-state index in [1.807, 2.05) is 4.90 Å². The van der Waals surface area contributed by atoms with E-state index in [1.165, 1.54) is 0 Å². The van der Waals surface area contributed by atoms with Gasteiger partial charge in [0.25, 0.3) is 0 Å². The Balaban J connectivity index is 1.68. The van der Waals surface area contributed by atoms with Crippen LogP contribution >= 0.6 is 0 Å². The van der Waals surface area contributed by atoms with Crippen molar-refractivity contribution in [3.8, 4) is 0 Å². The molecule has 0 N–H and O–H groups in total. The minimum Gasteiger partial charge on any atom is -0.338 e. The molecule has 0 unspecified atom stereocenters. The molecule has 2 saturated heterocycles. The highest BCUT2D eigenvalue weighted by Crippen LogP contribution is 2.16. The van der Waals surface area contributed by atoms with Crippen molar-refractivity contribution in [3.63, 3.8) is 0 Å². The van der Waals surface area contributed by atoms with Crippen molar-refractivity contribution in [2.75, 3.05) is 52.4 Å². The molecule has 2 fully saturated rings. The van der Waals surface area contributed by atoms with E-state index < -0.39 is 0 Å². The van der Waals surface area contributed by atoms with Gasteiger partial charge in [0.05, 0.1) is 6.54 Å². The van der Waals surface area contributed by atoms with Crippen molar-refractivity contribution >= 4 is 5.91 Å². The quantitative estimate of drug-likeness (QED) is 0.671. The molecule has 2 aliphatic rings.